The molecule has 42 heavy (non-hydrogen) atoms. The number of fused-ring (bicyclic) bond motifs is 5. The van der Waals surface area contributed by atoms with Crippen molar-refractivity contribution in [2.24, 2.45) is 0 Å². The van der Waals surface area contributed by atoms with E-state index < -0.39 is 0 Å². The molecule has 0 saturated carbocycles. The zero-order valence-electron chi connectivity index (χ0n) is 22.9. The van der Waals surface area contributed by atoms with Crippen LogP contribution in [0.4, 0.5) is 17.1 Å². The van der Waals surface area contributed by atoms with Gasteiger partial charge in [0.1, 0.15) is 0 Å². The Labute approximate surface area is 249 Å². The van der Waals surface area contributed by atoms with E-state index in [0.717, 1.165) is 11.4 Å². The molecule has 7 aromatic carbocycles. The second-order valence-electron chi connectivity index (χ2n) is 10.6. The first kappa shape index (κ1) is 24.6. The molecular formula is C40H27NS. The molecule has 0 unspecified atom stereocenters. The molecule has 1 heterocycles. The SMILES string of the molecule is c1ccc(-c2ccc(N(c3cccc(-c4ccccc4)c3)c3cc4ccccc4c4c3sc3ccccc34)cc2)cc1. The van der Waals surface area contributed by atoms with E-state index in [0.29, 0.717) is 0 Å². The molecular weight excluding hydrogens is 527 g/mol. The van der Waals surface area contributed by atoms with Gasteiger partial charge >= 0.3 is 0 Å². The van der Waals surface area contributed by atoms with Gasteiger partial charge in [-0.2, -0.15) is 0 Å². The number of nitrogens with zero attached hydrogens (tertiary/aromatic N) is 1. The van der Waals surface area contributed by atoms with Crippen LogP contribution in [0, 0.1) is 0 Å². The summed E-state index contributed by atoms with van der Waals surface area (Å²) in [6.45, 7) is 0. The van der Waals surface area contributed by atoms with Gasteiger partial charge in [0.25, 0.3) is 0 Å². The summed E-state index contributed by atoms with van der Waals surface area (Å²) in [6.07, 6.45) is 0. The van der Waals surface area contributed by atoms with Gasteiger partial charge in [-0.05, 0) is 69.4 Å². The molecule has 1 nitrogen and oxygen atoms in total. The fraction of sp³-hybridized carbons (Fsp3) is 0. The third kappa shape index (κ3) is 4.25. The minimum atomic E-state index is 1.13. The van der Waals surface area contributed by atoms with Crippen LogP contribution in [0.3, 0.4) is 0 Å². The molecule has 8 rings (SSSR count). The van der Waals surface area contributed by atoms with Crippen molar-refractivity contribution in [3.63, 3.8) is 0 Å². The molecule has 0 aliphatic carbocycles. The molecule has 0 saturated heterocycles. The second kappa shape index (κ2) is 10.3. The zero-order chi connectivity index (χ0) is 27.9. The van der Waals surface area contributed by atoms with Gasteiger partial charge in [-0.3, -0.25) is 0 Å². The Kier molecular flexibility index (Phi) is 6.05. The summed E-state index contributed by atoms with van der Waals surface area (Å²) in [4.78, 5) is 2.44. The van der Waals surface area contributed by atoms with Crippen molar-refractivity contribution in [2.45, 2.75) is 0 Å². The molecule has 0 fully saturated rings. The lowest BCUT2D eigenvalue weighted by atomic mass is 10.0. The maximum absolute atomic E-state index is 2.44. The van der Waals surface area contributed by atoms with Crippen LogP contribution in [-0.2, 0) is 0 Å². The summed E-state index contributed by atoms with van der Waals surface area (Å²) >= 11 is 1.88. The molecule has 2 heteroatoms. The molecule has 0 spiro atoms. The van der Waals surface area contributed by atoms with E-state index in [9.17, 15) is 0 Å². The highest BCUT2D eigenvalue weighted by Gasteiger charge is 2.21. The maximum atomic E-state index is 2.44. The Hall–Kier alpha value is -5.18. The minimum Gasteiger partial charge on any atom is -0.309 e. The van der Waals surface area contributed by atoms with Gasteiger partial charge in [0.05, 0.1) is 10.4 Å². The van der Waals surface area contributed by atoms with E-state index >= 15 is 0 Å². The third-order valence-corrected chi connectivity index (χ3v) is 9.23. The fourth-order valence-corrected chi connectivity index (χ4v) is 7.26. The van der Waals surface area contributed by atoms with Crippen molar-refractivity contribution >= 4 is 59.3 Å². The maximum Gasteiger partial charge on any atom is 0.0646 e. The Morgan fingerprint density at radius 1 is 0.405 bits per heavy atom. The highest BCUT2D eigenvalue weighted by molar-refractivity contribution is 7.26. The number of rotatable bonds is 5. The van der Waals surface area contributed by atoms with Crippen LogP contribution in [-0.4, -0.2) is 0 Å². The topological polar surface area (TPSA) is 3.24 Å². The normalized spacial score (nSPS) is 11.3. The van der Waals surface area contributed by atoms with E-state index in [4.69, 9.17) is 0 Å². The molecule has 198 valence electrons. The second-order valence-corrected chi connectivity index (χ2v) is 11.6. The number of thiophene rings is 1. The first-order valence-corrected chi connectivity index (χ1v) is 15.1. The fourth-order valence-electron chi connectivity index (χ4n) is 6.04. The Bertz CT molecular complexity index is 2180. The molecule has 1 aromatic heterocycles. The lowest BCUT2D eigenvalue weighted by Gasteiger charge is -2.27. The molecule has 0 aliphatic heterocycles. The summed E-state index contributed by atoms with van der Waals surface area (Å²) in [6, 6.07) is 59.1. The van der Waals surface area contributed by atoms with Crippen LogP contribution in [0.5, 0.6) is 0 Å². The van der Waals surface area contributed by atoms with Gasteiger partial charge < -0.3 is 4.90 Å². The van der Waals surface area contributed by atoms with E-state index in [-0.39, 0.29) is 0 Å². The third-order valence-electron chi connectivity index (χ3n) is 8.04. The molecule has 8 aromatic rings. The summed E-state index contributed by atoms with van der Waals surface area (Å²) in [5.41, 5.74) is 8.31. The molecule has 0 N–H and O–H groups in total. The van der Waals surface area contributed by atoms with Crippen molar-refractivity contribution < 1.29 is 0 Å². The van der Waals surface area contributed by atoms with Crippen LogP contribution in [0.15, 0.2) is 164 Å². The van der Waals surface area contributed by atoms with E-state index in [1.165, 1.54) is 58.9 Å². The van der Waals surface area contributed by atoms with Gasteiger partial charge in [0, 0.05) is 26.8 Å². The summed E-state index contributed by atoms with van der Waals surface area (Å²) < 4.78 is 2.61. The standard InChI is InChI=1S/C40H27NS/c1-3-12-28(13-4-1)30-22-24-33(25-23-30)41(34-18-11-17-31(26-34)29-14-5-2-6-15-29)37-27-32-16-7-8-19-35(32)39-36-20-9-10-21-38(36)42-40(37)39/h1-27H. The zero-order valence-corrected chi connectivity index (χ0v) is 23.8. The van der Waals surface area contributed by atoms with Gasteiger partial charge in [-0.15, -0.1) is 11.3 Å². The number of hydrogen-bond acceptors (Lipinski definition) is 2. The summed E-state index contributed by atoms with van der Waals surface area (Å²) in [7, 11) is 0. The van der Waals surface area contributed by atoms with Crippen molar-refractivity contribution in [1.82, 2.24) is 0 Å². The van der Waals surface area contributed by atoms with Gasteiger partial charge in [-0.25, -0.2) is 0 Å². The first-order chi connectivity index (χ1) is 20.8. The molecule has 0 atom stereocenters. The first-order valence-electron chi connectivity index (χ1n) is 14.3. The average molecular weight is 554 g/mol. The highest BCUT2D eigenvalue weighted by atomic mass is 32.1. The average Bonchev–Trinajstić information content (AvgIpc) is 3.47. The number of anilines is 3. The van der Waals surface area contributed by atoms with Crippen LogP contribution in [0.1, 0.15) is 0 Å². The molecule has 0 radical (unpaired) electrons. The largest absolute Gasteiger partial charge is 0.309 e. The number of hydrogen-bond donors (Lipinski definition) is 0. The Balaban J connectivity index is 1.40. The van der Waals surface area contributed by atoms with Gasteiger partial charge in [0.2, 0.25) is 0 Å². The molecule has 0 aliphatic rings. The Morgan fingerprint density at radius 2 is 1.00 bits per heavy atom. The monoisotopic (exact) mass is 553 g/mol. The van der Waals surface area contributed by atoms with E-state index in [1.807, 2.05) is 11.3 Å². The van der Waals surface area contributed by atoms with Crippen LogP contribution in [0.2, 0.25) is 0 Å². The van der Waals surface area contributed by atoms with Crippen LogP contribution < -0.4 is 4.90 Å². The van der Waals surface area contributed by atoms with Crippen LogP contribution in [0.25, 0.3) is 53.2 Å². The number of benzene rings is 7. The lowest BCUT2D eigenvalue weighted by Crippen LogP contribution is -2.10. The molecule has 0 amide bonds. The van der Waals surface area contributed by atoms with Crippen molar-refractivity contribution in [2.75, 3.05) is 4.90 Å². The summed E-state index contributed by atoms with van der Waals surface area (Å²) in [5, 5.41) is 5.18. The predicted molar refractivity (Wildman–Crippen MR) is 182 cm³/mol. The minimum absolute atomic E-state index is 1.13. The van der Waals surface area contributed by atoms with Crippen molar-refractivity contribution in [1.29, 1.82) is 0 Å². The quantitative estimate of drug-likeness (QED) is 0.205. The summed E-state index contributed by atoms with van der Waals surface area (Å²) in [5.74, 6) is 0. The van der Waals surface area contributed by atoms with Crippen LogP contribution >= 0.6 is 11.3 Å². The van der Waals surface area contributed by atoms with Crippen molar-refractivity contribution in [3.05, 3.63) is 164 Å². The molecule has 0 bridgehead atoms. The van der Waals surface area contributed by atoms with E-state index in [1.54, 1.807) is 0 Å². The predicted octanol–water partition coefficient (Wildman–Crippen LogP) is 12.0. The highest BCUT2D eigenvalue weighted by Crippen LogP contribution is 2.48. The van der Waals surface area contributed by atoms with E-state index in [2.05, 4.69) is 169 Å². The smallest absolute Gasteiger partial charge is 0.0646 e. The van der Waals surface area contributed by atoms with Gasteiger partial charge in [0.15, 0.2) is 0 Å². The Morgan fingerprint density at radius 3 is 1.76 bits per heavy atom. The van der Waals surface area contributed by atoms with Gasteiger partial charge in [-0.1, -0.05) is 127 Å². The van der Waals surface area contributed by atoms with Crippen molar-refractivity contribution in [3.8, 4) is 22.3 Å². The lowest BCUT2D eigenvalue weighted by molar-refractivity contribution is 1.30.